The first-order valence-electron chi connectivity index (χ1n) is 6.33. The summed E-state index contributed by atoms with van der Waals surface area (Å²) < 4.78 is 5.41. The van der Waals surface area contributed by atoms with E-state index in [9.17, 15) is 0 Å². The summed E-state index contributed by atoms with van der Waals surface area (Å²) in [4.78, 5) is 2.11. The van der Waals surface area contributed by atoms with E-state index in [-0.39, 0.29) is 0 Å². The molecule has 0 saturated carbocycles. The first-order chi connectivity index (χ1) is 9.17. The molecule has 19 heavy (non-hydrogen) atoms. The number of ether oxygens (including phenoxy) is 1. The van der Waals surface area contributed by atoms with Crippen LogP contribution < -0.4 is 15.4 Å². The minimum absolute atomic E-state index is 0.524. The van der Waals surface area contributed by atoms with Gasteiger partial charge in [0.1, 0.15) is 5.75 Å². The molecule has 0 atom stereocenters. The van der Waals surface area contributed by atoms with Crippen molar-refractivity contribution in [3.8, 4) is 5.75 Å². The molecule has 0 aromatic heterocycles. The van der Waals surface area contributed by atoms with E-state index in [0.29, 0.717) is 6.54 Å². The van der Waals surface area contributed by atoms with E-state index < -0.39 is 0 Å². The highest BCUT2D eigenvalue weighted by Gasteiger charge is 2.12. The van der Waals surface area contributed by atoms with E-state index in [0.717, 1.165) is 22.7 Å². The van der Waals surface area contributed by atoms with Gasteiger partial charge in [0.15, 0.2) is 0 Å². The van der Waals surface area contributed by atoms with E-state index in [1.807, 2.05) is 31.3 Å². The fourth-order valence-electron chi connectivity index (χ4n) is 2.24. The van der Waals surface area contributed by atoms with Gasteiger partial charge in [0.05, 0.1) is 12.8 Å². The fraction of sp³-hybridized carbons (Fsp3) is 0.250. The molecular weight excluding hydrogens is 236 g/mol. The van der Waals surface area contributed by atoms with Crippen molar-refractivity contribution in [1.82, 2.24) is 0 Å². The van der Waals surface area contributed by atoms with Crippen molar-refractivity contribution < 1.29 is 4.74 Å². The second-order valence-electron chi connectivity index (χ2n) is 4.57. The van der Waals surface area contributed by atoms with Gasteiger partial charge in [-0.25, -0.2) is 0 Å². The van der Waals surface area contributed by atoms with Gasteiger partial charge in [-0.15, -0.1) is 0 Å². The third-order valence-electron chi connectivity index (χ3n) is 3.26. The summed E-state index contributed by atoms with van der Waals surface area (Å²) in [5, 5.41) is 0. The van der Waals surface area contributed by atoms with Crippen LogP contribution in [-0.4, -0.2) is 14.2 Å². The lowest BCUT2D eigenvalue weighted by Gasteiger charge is -2.24. The van der Waals surface area contributed by atoms with Crippen LogP contribution in [0.15, 0.2) is 42.5 Å². The minimum atomic E-state index is 0.524. The van der Waals surface area contributed by atoms with Crippen molar-refractivity contribution in [2.24, 2.45) is 5.73 Å². The molecule has 2 rings (SSSR count). The van der Waals surface area contributed by atoms with Gasteiger partial charge in [-0.05, 0) is 30.7 Å². The number of nitrogens with two attached hydrogens (primary N) is 1. The van der Waals surface area contributed by atoms with Crippen LogP contribution in [0.1, 0.15) is 11.1 Å². The Labute approximate surface area is 114 Å². The number of hydrogen-bond donors (Lipinski definition) is 1. The van der Waals surface area contributed by atoms with Gasteiger partial charge in [-0.2, -0.15) is 0 Å². The molecular formula is C16H20N2O. The Kier molecular flexibility index (Phi) is 4.07. The SMILES string of the molecule is COc1ccccc1N(C)c1ccc(C)cc1CN. The van der Waals surface area contributed by atoms with Crippen molar-refractivity contribution in [2.45, 2.75) is 13.5 Å². The van der Waals surface area contributed by atoms with Crippen molar-refractivity contribution in [3.63, 3.8) is 0 Å². The predicted molar refractivity (Wildman–Crippen MR) is 80.1 cm³/mol. The molecule has 0 heterocycles. The summed E-state index contributed by atoms with van der Waals surface area (Å²) in [7, 11) is 3.72. The molecule has 0 saturated heterocycles. The Hall–Kier alpha value is -2.00. The summed E-state index contributed by atoms with van der Waals surface area (Å²) >= 11 is 0. The maximum absolute atomic E-state index is 5.85. The predicted octanol–water partition coefficient (Wildman–Crippen LogP) is 3.23. The highest BCUT2D eigenvalue weighted by atomic mass is 16.5. The second kappa shape index (κ2) is 5.76. The number of aryl methyl sites for hydroxylation is 1. The van der Waals surface area contributed by atoms with Gasteiger partial charge in [0.2, 0.25) is 0 Å². The van der Waals surface area contributed by atoms with Crippen LogP contribution in [0.2, 0.25) is 0 Å². The van der Waals surface area contributed by atoms with Crippen LogP contribution in [0.25, 0.3) is 0 Å². The molecule has 0 spiro atoms. The van der Waals surface area contributed by atoms with E-state index in [2.05, 4.69) is 30.0 Å². The molecule has 0 aliphatic heterocycles. The molecule has 2 N–H and O–H groups in total. The topological polar surface area (TPSA) is 38.5 Å². The molecule has 100 valence electrons. The molecule has 3 nitrogen and oxygen atoms in total. The fourth-order valence-corrected chi connectivity index (χ4v) is 2.24. The Balaban J connectivity index is 2.46. The Morgan fingerprint density at radius 3 is 2.53 bits per heavy atom. The average molecular weight is 256 g/mol. The number of anilines is 2. The molecule has 2 aromatic rings. The molecule has 0 unspecified atom stereocenters. The Morgan fingerprint density at radius 1 is 1.11 bits per heavy atom. The zero-order chi connectivity index (χ0) is 13.8. The monoisotopic (exact) mass is 256 g/mol. The third kappa shape index (κ3) is 2.71. The zero-order valence-electron chi connectivity index (χ0n) is 11.7. The zero-order valence-corrected chi connectivity index (χ0v) is 11.7. The van der Waals surface area contributed by atoms with Gasteiger partial charge in [0, 0.05) is 19.3 Å². The number of benzene rings is 2. The van der Waals surface area contributed by atoms with Gasteiger partial charge < -0.3 is 15.4 Å². The molecule has 3 heteroatoms. The second-order valence-corrected chi connectivity index (χ2v) is 4.57. The quantitative estimate of drug-likeness (QED) is 0.912. The highest BCUT2D eigenvalue weighted by Crippen LogP contribution is 2.34. The number of methoxy groups -OCH3 is 1. The standard InChI is InChI=1S/C16H20N2O/c1-12-8-9-14(13(10-12)11-17)18(2)15-6-4-5-7-16(15)19-3/h4-10H,11,17H2,1-3H3. The molecule has 0 aliphatic carbocycles. The van der Waals surface area contributed by atoms with E-state index in [4.69, 9.17) is 10.5 Å². The first kappa shape index (κ1) is 13.4. The summed E-state index contributed by atoms with van der Waals surface area (Å²) in [6.07, 6.45) is 0. The van der Waals surface area contributed by atoms with Crippen molar-refractivity contribution in [2.75, 3.05) is 19.1 Å². The molecule has 0 bridgehead atoms. The number of rotatable bonds is 4. The van der Waals surface area contributed by atoms with Gasteiger partial charge >= 0.3 is 0 Å². The van der Waals surface area contributed by atoms with E-state index >= 15 is 0 Å². The maximum Gasteiger partial charge on any atom is 0.142 e. The summed E-state index contributed by atoms with van der Waals surface area (Å²) in [5.74, 6) is 0.855. The van der Waals surface area contributed by atoms with Gasteiger partial charge in [-0.1, -0.05) is 29.8 Å². The lowest BCUT2D eigenvalue weighted by atomic mass is 10.1. The number of para-hydroxylation sites is 2. The van der Waals surface area contributed by atoms with Crippen LogP contribution in [0.4, 0.5) is 11.4 Å². The summed E-state index contributed by atoms with van der Waals surface area (Å²) in [6, 6.07) is 14.3. The van der Waals surface area contributed by atoms with Gasteiger partial charge in [-0.3, -0.25) is 0 Å². The number of hydrogen-bond acceptors (Lipinski definition) is 3. The summed E-state index contributed by atoms with van der Waals surface area (Å²) in [6.45, 7) is 2.60. The van der Waals surface area contributed by atoms with Crippen LogP contribution in [-0.2, 0) is 6.54 Å². The van der Waals surface area contributed by atoms with Crippen LogP contribution in [0.3, 0.4) is 0 Å². The first-order valence-corrected chi connectivity index (χ1v) is 6.33. The van der Waals surface area contributed by atoms with Crippen LogP contribution in [0, 0.1) is 6.92 Å². The Bertz CT molecular complexity index is 566. The van der Waals surface area contributed by atoms with Crippen molar-refractivity contribution in [1.29, 1.82) is 0 Å². The maximum atomic E-state index is 5.85. The average Bonchev–Trinajstić information content (AvgIpc) is 2.46. The lowest BCUT2D eigenvalue weighted by Crippen LogP contribution is -2.14. The smallest absolute Gasteiger partial charge is 0.142 e. The minimum Gasteiger partial charge on any atom is -0.495 e. The molecule has 0 radical (unpaired) electrons. The Morgan fingerprint density at radius 2 is 1.84 bits per heavy atom. The van der Waals surface area contributed by atoms with Crippen LogP contribution in [0.5, 0.6) is 5.75 Å². The number of nitrogens with zero attached hydrogens (tertiary/aromatic N) is 1. The normalized spacial score (nSPS) is 10.3. The van der Waals surface area contributed by atoms with Crippen molar-refractivity contribution in [3.05, 3.63) is 53.6 Å². The lowest BCUT2D eigenvalue weighted by molar-refractivity contribution is 0.415. The largest absolute Gasteiger partial charge is 0.495 e. The molecule has 0 aliphatic rings. The molecule has 2 aromatic carbocycles. The highest BCUT2D eigenvalue weighted by molar-refractivity contribution is 5.71. The summed E-state index contributed by atoms with van der Waals surface area (Å²) in [5.41, 5.74) is 10.3. The van der Waals surface area contributed by atoms with Crippen LogP contribution >= 0.6 is 0 Å². The van der Waals surface area contributed by atoms with E-state index in [1.165, 1.54) is 5.56 Å². The van der Waals surface area contributed by atoms with E-state index in [1.54, 1.807) is 7.11 Å². The van der Waals surface area contributed by atoms with Crippen molar-refractivity contribution >= 4 is 11.4 Å². The molecule has 0 fully saturated rings. The van der Waals surface area contributed by atoms with Gasteiger partial charge in [0.25, 0.3) is 0 Å². The molecule has 0 amide bonds. The third-order valence-corrected chi connectivity index (χ3v) is 3.26.